The van der Waals surface area contributed by atoms with Gasteiger partial charge in [0.05, 0.1) is 0 Å². The molecule has 0 radical (unpaired) electrons. The molecular weight excluding hydrogens is 278 g/mol. The largest absolute Gasteiger partial charge is 0.289 e. The van der Waals surface area contributed by atoms with E-state index in [1.807, 2.05) is 24.3 Å². The third kappa shape index (κ3) is 3.36. The fourth-order valence-corrected chi connectivity index (χ4v) is 1.62. The first-order chi connectivity index (χ1) is 8.25. The Kier molecular flexibility index (Phi) is 3.83. The van der Waals surface area contributed by atoms with E-state index in [2.05, 4.69) is 20.9 Å². The summed E-state index contributed by atoms with van der Waals surface area (Å²) in [4.78, 5) is 15.6. The maximum atomic E-state index is 11.8. The number of hydrogen-bond donors (Lipinski definition) is 0. The van der Waals surface area contributed by atoms with E-state index in [9.17, 15) is 4.79 Å². The highest BCUT2D eigenvalue weighted by Gasteiger charge is 1.99. The molecule has 0 N–H and O–H groups in total. The van der Waals surface area contributed by atoms with E-state index >= 15 is 0 Å². The Morgan fingerprint density at radius 3 is 2.35 bits per heavy atom. The zero-order valence-electron chi connectivity index (χ0n) is 9.01. The molecule has 0 bridgehead atoms. The number of allylic oxidation sites excluding steroid dienone is 1. The smallest absolute Gasteiger partial charge is 0.185 e. The molecule has 0 aliphatic heterocycles. The minimum absolute atomic E-state index is 0.0182. The lowest BCUT2D eigenvalue weighted by molar-refractivity contribution is 0.104. The quantitative estimate of drug-likeness (QED) is 0.636. The van der Waals surface area contributed by atoms with Crippen molar-refractivity contribution < 1.29 is 4.79 Å². The van der Waals surface area contributed by atoms with Crippen molar-refractivity contribution >= 4 is 27.8 Å². The van der Waals surface area contributed by atoms with Crippen LogP contribution in [-0.4, -0.2) is 10.8 Å². The van der Waals surface area contributed by atoms with Gasteiger partial charge in [0.1, 0.15) is 0 Å². The first-order valence-electron chi connectivity index (χ1n) is 5.14. The number of carbonyl (C=O) groups is 1. The van der Waals surface area contributed by atoms with Crippen molar-refractivity contribution in [3.8, 4) is 0 Å². The first kappa shape index (κ1) is 11.7. The average molecular weight is 288 g/mol. The van der Waals surface area contributed by atoms with E-state index in [1.165, 1.54) is 0 Å². The lowest BCUT2D eigenvalue weighted by Gasteiger charge is -1.95. The number of halogens is 1. The zero-order valence-corrected chi connectivity index (χ0v) is 10.6. The van der Waals surface area contributed by atoms with Gasteiger partial charge < -0.3 is 0 Å². The van der Waals surface area contributed by atoms with Gasteiger partial charge in [-0.2, -0.15) is 0 Å². The molecule has 0 atom stereocenters. The van der Waals surface area contributed by atoms with E-state index in [0.717, 1.165) is 10.0 Å². The predicted molar refractivity (Wildman–Crippen MR) is 71.7 cm³/mol. The topological polar surface area (TPSA) is 30.0 Å². The number of aromatic nitrogens is 1. The van der Waals surface area contributed by atoms with Crippen molar-refractivity contribution in [3.63, 3.8) is 0 Å². The molecule has 0 aliphatic carbocycles. The predicted octanol–water partition coefficient (Wildman–Crippen LogP) is 3.74. The summed E-state index contributed by atoms with van der Waals surface area (Å²) in [5, 5.41) is 0. The third-order valence-corrected chi connectivity index (χ3v) is 2.79. The van der Waals surface area contributed by atoms with Crippen molar-refractivity contribution in [2.24, 2.45) is 0 Å². The van der Waals surface area contributed by atoms with Crippen LogP contribution in [-0.2, 0) is 0 Å². The number of rotatable bonds is 3. The summed E-state index contributed by atoms with van der Waals surface area (Å²) in [7, 11) is 0. The summed E-state index contributed by atoms with van der Waals surface area (Å²) in [5.74, 6) is -0.0182. The van der Waals surface area contributed by atoms with Gasteiger partial charge in [-0.25, -0.2) is 0 Å². The van der Waals surface area contributed by atoms with Gasteiger partial charge in [-0.05, 0) is 35.9 Å². The van der Waals surface area contributed by atoms with Crippen molar-refractivity contribution in [2.45, 2.75) is 0 Å². The molecule has 2 nitrogen and oxygen atoms in total. The van der Waals surface area contributed by atoms with Crippen molar-refractivity contribution in [2.75, 3.05) is 0 Å². The van der Waals surface area contributed by atoms with Crippen LogP contribution in [0.15, 0.2) is 59.3 Å². The average Bonchev–Trinajstić information content (AvgIpc) is 2.39. The Morgan fingerprint density at radius 1 is 1.06 bits per heavy atom. The second kappa shape index (κ2) is 5.55. The molecule has 0 saturated carbocycles. The van der Waals surface area contributed by atoms with Crippen molar-refractivity contribution in [1.29, 1.82) is 0 Å². The van der Waals surface area contributed by atoms with Gasteiger partial charge in [0.15, 0.2) is 5.78 Å². The summed E-state index contributed by atoms with van der Waals surface area (Å²) in [6.07, 6.45) is 6.59. The van der Waals surface area contributed by atoms with Gasteiger partial charge in [0.2, 0.25) is 0 Å². The maximum absolute atomic E-state index is 11.8. The minimum Gasteiger partial charge on any atom is -0.289 e. The van der Waals surface area contributed by atoms with Crippen LogP contribution in [0, 0.1) is 0 Å². The van der Waals surface area contributed by atoms with Crippen molar-refractivity contribution in [3.05, 3.63) is 70.5 Å². The second-order valence-corrected chi connectivity index (χ2v) is 4.40. The van der Waals surface area contributed by atoms with Crippen molar-refractivity contribution in [1.82, 2.24) is 4.98 Å². The maximum Gasteiger partial charge on any atom is 0.185 e. The molecule has 0 fully saturated rings. The lowest BCUT2D eigenvalue weighted by atomic mass is 10.1. The normalized spacial score (nSPS) is 10.6. The van der Waals surface area contributed by atoms with Crippen LogP contribution in [0.4, 0.5) is 0 Å². The number of pyridine rings is 1. The fourth-order valence-electron chi connectivity index (χ4n) is 1.36. The number of carbonyl (C=O) groups excluding carboxylic acids is 1. The second-order valence-electron chi connectivity index (χ2n) is 3.49. The van der Waals surface area contributed by atoms with Crippen LogP contribution in [0.2, 0.25) is 0 Å². The van der Waals surface area contributed by atoms with E-state index in [4.69, 9.17) is 0 Å². The lowest BCUT2D eigenvalue weighted by Crippen LogP contribution is -1.93. The molecule has 0 spiro atoms. The van der Waals surface area contributed by atoms with E-state index in [1.54, 1.807) is 36.7 Å². The number of ketones is 1. The number of nitrogens with zero attached hydrogens (tertiary/aromatic N) is 1. The molecule has 0 aliphatic rings. The zero-order chi connectivity index (χ0) is 12.1. The number of hydrogen-bond acceptors (Lipinski definition) is 2. The van der Waals surface area contributed by atoms with Crippen LogP contribution >= 0.6 is 15.9 Å². The van der Waals surface area contributed by atoms with Crippen LogP contribution in [0.5, 0.6) is 0 Å². The molecular formula is C14H10BrNO. The highest BCUT2D eigenvalue weighted by molar-refractivity contribution is 9.10. The molecule has 1 heterocycles. The van der Waals surface area contributed by atoms with Gasteiger partial charge in [0, 0.05) is 22.4 Å². The molecule has 2 aromatic rings. The molecule has 3 heteroatoms. The highest BCUT2D eigenvalue weighted by atomic mass is 79.9. The standard InChI is InChI=1S/C14H10BrNO/c15-13-4-1-11(2-5-13)3-6-14(17)12-7-9-16-10-8-12/h1-10H/b6-3+. The van der Waals surface area contributed by atoms with Crippen LogP contribution in [0.3, 0.4) is 0 Å². The molecule has 2 rings (SSSR count). The SMILES string of the molecule is O=C(/C=C/c1ccc(Br)cc1)c1ccncc1. The summed E-state index contributed by atoms with van der Waals surface area (Å²) >= 11 is 3.36. The Hall–Kier alpha value is -1.74. The molecule has 1 aromatic heterocycles. The van der Waals surface area contributed by atoms with Gasteiger partial charge in [0.25, 0.3) is 0 Å². The van der Waals surface area contributed by atoms with Gasteiger partial charge in [-0.15, -0.1) is 0 Å². The Balaban J connectivity index is 2.11. The van der Waals surface area contributed by atoms with Gasteiger partial charge >= 0.3 is 0 Å². The molecule has 1 aromatic carbocycles. The van der Waals surface area contributed by atoms with Gasteiger partial charge in [-0.1, -0.05) is 34.1 Å². The Bertz CT molecular complexity index is 532. The first-order valence-corrected chi connectivity index (χ1v) is 5.93. The van der Waals surface area contributed by atoms with E-state index in [0.29, 0.717) is 5.56 Å². The molecule has 0 unspecified atom stereocenters. The van der Waals surface area contributed by atoms with E-state index in [-0.39, 0.29) is 5.78 Å². The monoisotopic (exact) mass is 287 g/mol. The minimum atomic E-state index is -0.0182. The molecule has 84 valence electrons. The van der Waals surface area contributed by atoms with Gasteiger partial charge in [-0.3, -0.25) is 9.78 Å². The third-order valence-electron chi connectivity index (χ3n) is 2.26. The fraction of sp³-hybridized carbons (Fsp3) is 0. The highest BCUT2D eigenvalue weighted by Crippen LogP contribution is 2.12. The number of benzene rings is 1. The van der Waals surface area contributed by atoms with E-state index < -0.39 is 0 Å². The molecule has 0 saturated heterocycles. The van der Waals surface area contributed by atoms with Crippen LogP contribution in [0.25, 0.3) is 6.08 Å². The summed E-state index contributed by atoms with van der Waals surface area (Å²) in [6, 6.07) is 11.2. The van der Waals surface area contributed by atoms with Crippen LogP contribution in [0.1, 0.15) is 15.9 Å². The summed E-state index contributed by atoms with van der Waals surface area (Å²) in [5.41, 5.74) is 1.64. The summed E-state index contributed by atoms with van der Waals surface area (Å²) in [6.45, 7) is 0. The van der Waals surface area contributed by atoms with Crippen LogP contribution < -0.4 is 0 Å². The Morgan fingerprint density at radius 2 is 1.71 bits per heavy atom. The summed E-state index contributed by atoms with van der Waals surface area (Å²) < 4.78 is 1.02. The Labute approximate surface area is 108 Å². The molecule has 17 heavy (non-hydrogen) atoms. The molecule has 0 amide bonds.